The minimum absolute atomic E-state index is 0.00760. The predicted octanol–water partition coefficient (Wildman–Crippen LogP) is 3.42. The number of halogens is 3. The van der Waals surface area contributed by atoms with Crippen LogP contribution in [-0.4, -0.2) is 12.0 Å². The van der Waals surface area contributed by atoms with Crippen molar-refractivity contribution in [1.82, 2.24) is 0 Å². The van der Waals surface area contributed by atoms with E-state index in [-0.39, 0.29) is 11.5 Å². The molecular weight excluding hydrogens is 222 g/mol. The van der Waals surface area contributed by atoms with Gasteiger partial charge in [0, 0.05) is 23.6 Å². The molecule has 82 valence electrons. The summed E-state index contributed by atoms with van der Waals surface area (Å²) in [6, 6.07) is 3.53. The van der Waals surface area contributed by atoms with Crippen LogP contribution in [0.2, 0.25) is 0 Å². The van der Waals surface area contributed by atoms with E-state index in [1.807, 2.05) is 0 Å². The molecule has 15 heavy (non-hydrogen) atoms. The Kier molecular flexibility index (Phi) is 3.22. The number of ether oxygens (including phenoxy) is 1. The van der Waals surface area contributed by atoms with Crippen LogP contribution in [0.15, 0.2) is 18.2 Å². The van der Waals surface area contributed by atoms with E-state index in [0.29, 0.717) is 18.6 Å². The molecular formula is C11H11ClF2O. The van der Waals surface area contributed by atoms with Crippen LogP contribution >= 0.6 is 11.6 Å². The largest absolute Gasteiger partial charge is 0.373 e. The van der Waals surface area contributed by atoms with Crippen LogP contribution in [0.3, 0.4) is 0 Å². The Morgan fingerprint density at radius 3 is 2.80 bits per heavy atom. The van der Waals surface area contributed by atoms with Gasteiger partial charge in [-0.3, -0.25) is 0 Å². The van der Waals surface area contributed by atoms with E-state index >= 15 is 0 Å². The minimum Gasteiger partial charge on any atom is -0.373 e. The van der Waals surface area contributed by atoms with Crippen molar-refractivity contribution in [3.05, 3.63) is 35.4 Å². The summed E-state index contributed by atoms with van der Waals surface area (Å²) in [5.41, 5.74) is 0.391. The molecule has 1 aliphatic heterocycles. The van der Waals surface area contributed by atoms with E-state index in [9.17, 15) is 8.78 Å². The van der Waals surface area contributed by atoms with Gasteiger partial charge in [-0.05, 0) is 18.9 Å². The molecule has 0 spiro atoms. The van der Waals surface area contributed by atoms with Crippen molar-refractivity contribution in [2.75, 3.05) is 6.61 Å². The maximum Gasteiger partial charge on any atom is 0.131 e. The van der Waals surface area contributed by atoms with Gasteiger partial charge in [0.2, 0.25) is 0 Å². The van der Waals surface area contributed by atoms with Gasteiger partial charge in [0.15, 0.2) is 0 Å². The van der Waals surface area contributed by atoms with Crippen molar-refractivity contribution in [3.63, 3.8) is 0 Å². The van der Waals surface area contributed by atoms with Crippen LogP contribution in [0.4, 0.5) is 8.78 Å². The fourth-order valence-corrected chi connectivity index (χ4v) is 1.99. The highest BCUT2D eigenvalue weighted by atomic mass is 35.5. The molecule has 1 fully saturated rings. The van der Waals surface area contributed by atoms with E-state index in [0.717, 1.165) is 12.5 Å². The number of hydrogen-bond donors (Lipinski definition) is 0. The van der Waals surface area contributed by atoms with Crippen LogP contribution in [-0.2, 0) is 4.74 Å². The predicted molar refractivity (Wildman–Crippen MR) is 53.9 cm³/mol. The van der Waals surface area contributed by atoms with Gasteiger partial charge < -0.3 is 4.74 Å². The van der Waals surface area contributed by atoms with E-state index in [2.05, 4.69) is 0 Å². The maximum atomic E-state index is 13.4. The molecule has 0 saturated carbocycles. The minimum atomic E-state index is -0.575. The molecule has 1 aromatic carbocycles. The quantitative estimate of drug-likeness (QED) is 0.674. The summed E-state index contributed by atoms with van der Waals surface area (Å²) in [5.74, 6) is -1.14. The van der Waals surface area contributed by atoms with Crippen LogP contribution in [0.1, 0.15) is 24.5 Å². The number of hydrogen-bond acceptors (Lipinski definition) is 1. The second-order valence-electron chi connectivity index (χ2n) is 3.65. The maximum absolute atomic E-state index is 13.4. The normalized spacial score (nSPS) is 26.6. The molecule has 0 aliphatic carbocycles. The second kappa shape index (κ2) is 4.45. The first-order valence-corrected chi connectivity index (χ1v) is 5.31. The lowest BCUT2D eigenvalue weighted by molar-refractivity contribution is 0.0147. The Morgan fingerprint density at radius 1 is 1.33 bits per heavy atom. The summed E-state index contributed by atoms with van der Waals surface area (Å²) < 4.78 is 31.5. The summed E-state index contributed by atoms with van der Waals surface area (Å²) in [7, 11) is 0. The van der Waals surface area contributed by atoms with Crippen LogP contribution in [0, 0.1) is 11.6 Å². The summed E-state index contributed by atoms with van der Waals surface area (Å²) in [5, 5.41) is 0.00760. The fraction of sp³-hybridized carbons (Fsp3) is 0.455. The topological polar surface area (TPSA) is 9.23 Å². The van der Waals surface area contributed by atoms with Crippen molar-refractivity contribution in [2.24, 2.45) is 0 Å². The van der Waals surface area contributed by atoms with Gasteiger partial charge in [-0.1, -0.05) is 6.07 Å². The third kappa shape index (κ3) is 2.47. The average molecular weight is 233 g/mol. The van der Waals surface area contributed by atoms with Gasteiger partial charge in [-0.25, -0.2) is 8.78 Å². The van der Waals surface area contributed by atoms with Crippen molar-refractivity contribution in [1.29, 1.82) is 0 Å². The highest BCUT2D eigenvalue weighted by Gasteiger charge is 2.24. The lowest BCUT2D eigenvalue weighted by Crippen LogP contribution is -2.20. The molecule has 0 bridgehead atoms. The van der Waals surface area contributed by atoms with Crippen molar-refractivity contribution in [2.45, 2.75) is 24.3 Å². The number of benzene rings is 1. The number of alkyl halides is 1. The first kappa shape index (κ1) is 10.8. The molecule has 2 rings (SSSR count). The molecule has 4 heteroatoms. The van der Waals surface area contributed by atoms with Gasteiger partial charge in [-0.15, -0.1) is 11.6 Å². The van der Waals surface area contributed by atoms with Gasteiger partial charge in [0.1, 0.15) is 11.6 Å². The Labute approximate surface area is 92.0 Å². The molecule has 1 aliphatic rings. The van der Waals surface area contributed by atoms with E-state index in [1.54, 1.807) is 0 Å². The first-order valence-electron chi connectivity index (χ1n) is 4.87. The monoisotopic (exact) mass is 232 g/mol. The standard InChI is InChI=1S/C11H11ClF2O/c12-7-3-4-15-11(5-7)9-2-1-8(13)6-10(9)14/h1-2,6-7,11H,3-5H2. The van der Waals surface area contributed by atoms with Crippen LogP contribution in [0.25, 0.3) is 0 Å². The average Bonchev–Trinajstić information content (AvgIpc) is 2.17. The zero-order valence-electron chi connectivity index (χ0n) is 8.05. The molecule has 1 nitrogen and oxygen atoms in total. The molecule has 1 saturated heterocycles. The Balaban J connectivity index is 2.21. The molecule has 2 unspecified atom stereocenters. The van der Waals surface area contributed by atoms with Crippen molar-refractivity contribution in [3.8, 4) is 0 Å². The third-order valence-corrected chi connectivity index (χ3v) is 2.93. The Morgan fingerprint density at radius 2 is 2.13 bits per heavy atom. The molecule has 1 aromatic rings. The molecule has 2 atom stereocenters. The van der Waals surface area contributed by atoms with Crippen LogP contribution in [0.5, 0.6) is 0 Å². The Bertz CT molecular complexity index is 356. The molecule has 0 N–H and O–H groups in total. The summed E-state index contributed by atoms with van der Waals surface area (Å²) in [6.07, 6.45) is 1.01. The first-order chi connectivity index (χ1) is 7.16. The zero-order chi connectivity index (χ0) is 10.8. The lowest BCUT2D eigenvalue weighted by Gasteiger charge is -2.26. The zero-order valence-corrected chi connectivity index (χ0v) is 8.81. The van der Waals surface area contributed by atoms with Gasteiger partial charge in [-0.2, -0.15) is 0 Å². The van der Waals surface area contributed by atoms with Crippen molar-refractivity contribution < 1.29 is 13.5 Å². The smallest absolute Gasteiger partial charge is 0.131 e. The number of rotatable bonds is 1. The lowest BCUT2D eigenvalue weighted by atomic mass is 10.0. The van der Waals surface area contributed by atoms with E-state index in [1.165, 1.54) is 12.1 Å². The highest BCUT2D eigenvalue weighted by Crippen LogP contribution is 2.32. The molecule has 0 aromatic heterocycles. The van der Waals surface area contributed by atoms with Crippen LogP contribution < -0.4 is 0 Å². The summed E-state index contributed by atoms with van der Waals surface area (Å²) in [4.78, 5) is 0. The van der Waals surface area contributed by atoms with Gasteiger partial charge >= 0.3 is 0 Å². The highest BCUT2D eigenvalue weighted by molar-refractivity contribution is 6.20. The van der Waals surface area contributed by atoms with Gasteiger partial charge in [0.25, 0.3) is 0 Å². The SMILES string of the molecule is Fc1ccc(C2CC(Cl)CCO2)c(F)c1. The summed E-state index contributed by atoms with van der Waals surface area (Å²) in [6.45, 7) is 0.523. The van der Waals surface area contributed by atoms with E-state index in [4.69, 9.17) is 16.3 Å². The summed E-state index contributed by atoms with van der Waals surface area (Å²) >= 11 is 5.97. The molecule has 0 radical (unpaired) electrons. The van der Waals surface area contributed by atoms with Gasteiger partial charge in [0.05, 0.1) is 6.10 Å². The van der Waals surface area contributed by atoms with E-state index < -0.39 is 11.6 Å². The second-order valence-corrected chi connectivity index (χ2v) is 4.26. The van der Waals surface area contributed by atoms with Crippen molar-refractivity contribution >= 4 is 11.6 Å². The Hall–Kier alpha value is -0.670. The molecule has 0 amide bonds. The fourth-order valence-electron chi connectivity index (χ4n) is 1.74. The molecule has 1 heterocycles. The third-order valence-electron chi connectivity index (χ3n) is 2.53.